The van der Waals surface area contributed by atoms with Gasteiger partial charge in [-0.05, 0) is 18.9 Å². The number of carbonyl (C=O) groups is 2. The van der Waals surface area contributed by atoms with E-state index >= 15 is 0 Å². The number of nitrogens with one attached hydrogen (secondary N) is 1. The van der Waals surface area contributed by atoms with Crippen molar-refractivity contribution in [3.63, 3.8) is 0 Å². The van der Waals surface area contributed by atoms with Gasteiger partial charge in [0.1, 0.15) is 6.54 Å². The normalized spacial score (nSPS) is 15.3. The van der Waals surface area contributed by atoms with Crippen LogP contribution in [-0.4, -0.2) is 22.3 Å². The van der Waals surface area contributed by atoms with Crippen molar-refractivity contribution in [3.8, 4) is 0 Å². The van der Waals surface area contributed by atoms with Crippen LogP contribution in [0, 0.1) is 0 Å². The number of aromatic nitrogens is 1. The second kappa shape index (κ2) is 8.42. The topological polar surface area (TPSA) is 51.1 Å². The average Bonchev–Trinajstić information content (AvgIpc) is 2.89. The van der Waals surface area contributed by atoms with Gasteiger partial charge >= 0.3 is 0 Å². The Morgan fingerprint density at radius 2 is 1.57 bits per heavy atom. The summed E-state index contributed by atoms with van der Waals surface area (Å²) in [5.41, 5.74) is 2.22. The Hall–Kier alpha value is -2.88. The highest BCUT2D eigenvalue weighted by atomic mass is 16.2. The Kier molecular flexibility index (Phi) is 5.56. The van der Waals surface area contributed by atoms with Crippen molar-refractivity contribution >= 4 is 22.6 Å². The van der Waals surface area contributed by atoms with Gasteiger partial charge in [0.2, 0.25) is 5.91 Å². The maximum absolute atomic E-state index is 13.0. The summed E-state index contributed by atoms with van der Waals surface area (Å²) < 4.78 is 1.90. The lowest BCUT2D eigenvalue weighted by Gasteiger charge is -2.16. The number of hydrogen-bond acceptors (Lipinski definition) is 2. The van der Waals surface area contributed by atoms with E-state index < -0.39 is 0 Å². The molecule has 0 unspecified atom stereocenters. The molecule has 28 heavy (non-hydrogen) atoms. The van der Waals surface area contributed by atoms with Crippen LogP contribution in [-0.2, 0) is 11.3 Å². The molecule has 1 heterocycles. The maximum Gasteiger partial charge on any atom is 0.240 e. The number of hydrogen-bond donors (Lipinski definition) is 1. The van der Waals surface area contributed by atoms with Crippen LogP contribution >= 0.6 is 0 Å². The van der Waals surface area contributed by atoms with E-state index in [-0.39, 0.29) is 24.3 Å². The fourth-order valence-corrected chi connectivity index (χ4v) is 4.16. The van der Waals surface area contributed by atoms with Gasteiger partial charge in [-0.15, -0.1) is 0 Å². The van der Waals surface area contributed by atoms with Crippen molar-refractivity contribution in [2.45, 2.75) is 51.1 Å². The zero-order chi connectivity index (χ0) is 19.3. The Bertz CT molecular complexity index is 967. The van der Waals surface area contributed by atoms with Gasteiger partial charge in [0.15, 0.2) is 5.78 Å². The molecule has 1 N–H and O–H groups in total. The van der Waals surface area contributed by atoms with Gasteiger partial charge in [0.05, 0.1) is 0 Å². The first-order valence-corrected chi connectivity index (χ1v) is 10.2. The Balaban J connectivity index is 1.57. The minimum absolute atomic E-state index is 0.0141. The molecule has 1 aliphatic rings. The van der Waals surface area contributed by atoms with Gasteiger partial charge in [0, 0.05) is 34.3 Å². The van der Waals surface area contributed by atoms with Crippen LogP contribution in [0.15, 0.2) is 60.8 Å². The van der Waals surface area contributed by atoms with E-state index in [4.69, 9.17) is 0 Å². The molecule has 4 rings (SSSR count). The molecule has 3 aromatic rings. The summed E-state index contributed by atoms with van der Waals surface area (Å²) in [5, 5.41) is 4.09. The Morgan fingerprint density at radius 1 is 0.893 bits per heavy atom. The van der Waals surface area contributed by atoms with Crippen molar-refractivity contribution < 1.29 is 9.59 Å². The molecular weight excluding hydrogens is 348 g/mol. The zero-order valence-corrected chi connectivity index (χ0v) is 16.1. The molecule has 1 fully saturated rings. The molecule has 4 heteroatoms. The van der Waals surface area contributed by atoms with E-state index in [0.29, 0.717) is 11.1 Å². The molecule has 1 saturated carbocycles. The number of ketones is 1. The molecule has 1 aromatic heterocycles. The molecule has 1 amide bonds. The van der Waals surface area contributed by atoms with E-state index in [2.05, 4.69) is 5.32 Å². The average molecular weight is 374 g/mol. The number of benzene rings is 2. The van der Waals surface area contributed by atoms with Gasteiger partial charge < -0.3 is 9.88 Å². The van der Waals surface area contributed by atoms with Crippen LogP contribution in [0.3, 0.4) is 0 Å². The second-order valence-electron chi connectivity index (χ2n) is 7.64. The van der Waals surface area contributed by atoms with Crippen LogP contribution in [0.5, 0.6) is 0 Å². The number of nitrogens with zero attached hydrogens (tertiary/aromatic N) is 1. The largest absolute Gasteiger partial charge is 0.352 e. The first kappa shape index (κ1) is 18.5. The van der Waals surface area contributed by atoms with Crippen LogP contribution in [0.2, 0.25) is 0 Å². The number of carbonyl (C=O) groups excluding carboxylic acids is 2. The Labute approximate surface area is 165 Å². The van der Waals surface area contributed by atoms with E-state index in [9.17, 15) is 9.59 Å². The summed E-state index contributed by atoms with van der Waals surface area (Å²) in [6.45, 7) is 0.235. The molecule has 0 spiro atoms. The van der Waals surface area contributed by atoms with E-state index in [1.54, 1.807) is 0 Å². The molecule has 0 aliphatic heterocycles. The quantitative estimate of drug-likeness (QED) is 0.519. The monoisotopic (exact) mass is 374 g/mol. The molecule has 0 bridgehead atoms. The lowest BCUT2D eigenvalue weighted by molar-refractivity contribution is -0.122. The summed E-state index contributed by atoms with van der Waals surface area (Å²) >= 11 is 0. The first-order valence-electron chi connectivity index (χ1n) is 10.2. The lowest BCUT2D eigenvalue weighted by atomic mass is 10.0. The van der Waals surface area contributed by atoms with Crippen molar-refractivity contribution in [1.82, 2.24) is 9.88 Å². The number of rotatable bonds is 5. The van der Waals surface area contributed by atoms with Gasteiger partial charge in [0.25, 0.3) is 0 Å². The molecule has 0 saturated heterocycles. The van der Waals surface area contributed by atoms with Crippen molar-refractivity contribution in [2.24, 2.45) is 0 Å². The summed E-state index contributed by atoms with van der Waals surface area (Å²) in [7, 11) is 0. The van der Waals surface area contributed by atoms with Crippen LogP contribution < -0.4 is 5.32 Å². The summed E-state index contributed by atoms with van der Waals surface area (Å²) in [4.78, 5) is 25.7. The van der Waals surface area contributed by atoms with Gasteiger partial charge in [-0.3, -0.25) is 9.59 Å². The van der Waals surface area contributed by atoms with E-state index in [0.717, 1.165) is 23.7 Å². The fraction of sp³-hybridized carbons (Fsp3) is 0.333. The molecule has 144 valence electrons. The number of fused-ring (bicyclic) bond motifs is 1. The minimum Gasteiger partial charge on any atom is -0.352 e. The predicted molar refractivity (Wildman–Crippen MR) is 111 cm³/mol. The molecular formula is C24H26N2O2. The van der Waals surface area contributed by atoms with Gasteiger partial charge in [-0.1, -0.05) is 74.2 Å². The standard InChI is InChI=1S/C24H26N2O2/c27-23(25-19-12-6-1-2-7-13-19)17-26-16-21(20-14-8-9-15-22(20)26)24(28)18-10-4-3-5-11-18/h3-5,8-11,14-16,19H,1-2,6-7,12-13,17H2,(H,25,27). The smallest absolute Gasteiger partial charge is 0.240 e. The van der Waals surface area contributed by atoms with Gasteiger partial charge in [-0.2, -0.15) is 0 Å². The van der Waals surface area contributed by atoms with Crippen molar-refractivity contribution in [2.75, 3.05) is 0 Å². The van der Waals surface area contributed by atoms with Crippen molar-refractivity contribution in [1.29, 1.82) is 0 Å². The molecule has 1 aliphatic carbocycles. The van der Waals surface area contributed by atoms with Gasteiger partial charge in [-0.25, -0.2) is 0 Å². The summed E-state index contributed by atoms with van der Waals surface area (Å²) in [5.74, 6) is 0.00564. The maximum atomic E-state index is 13.0. The third-order valence-corrected chi connectivity index (χ3v) is 5.60. The lowest BCUT2D eigenvalue weighted by Crippen LogP contribution is -2.36. The van der Waals surface area contributed by atoms with Crippen LogP contribution in [0.4, 0.5) is 0 Å². The highest BCUT2D eigenvalue weighted by Crippen LogP contribution is 2.24. The summed E-state index contributed by atoms with van der Waals surface area (Å²) in [6.07, 6.45) is 8.86. The second-order valence-corrected chi connectivity index (χ2v) is 7.64. The Morgan fingerprint density at radius 3 is 2.32 bits per heavy atom. The number of amides is 1. The molecule has 0 atom stereocenters. The van der Waals surface area contributed by atoms with Crippen LogP contribution in [0.25, 0.3) is 10.9 Å². The minimum atomic E-state index is -0.0141. The SMILES string of the molecule is O=C(Cn1cc(C(=O)c2ccccc2)c2ccccc21)NC1CCCCCC1. The molecule has 0 radical (unpaired) electrons. The van der Waals surface area contributed by atoms with E-state index in [1.807, 2.05) is 65.4 Å². The molecule has 4 nitrogen and oxygen atoms in total. The molecule has 2 aromatic carbocycles. The summed E-state index contributed by atoms with van der Waals surface area (Å²) in [6, 6.07) is 17.4. The zero-order valence-electron chi connectivity index (χ0n) is 16.1. The highest BCUT2D eigenvalue weighted by molar-refractivity contribution is 6.16. The van der Waals surface area contributed by atoms with Crippen molar-refractivity contribution in [3.05, 3.63) is 71.9 Å². The third kappa shape index (κ3) is 4.01. The van der Waals surface area contributed by atoms with Crippen LogP contribution in [0.1, 0.15) is 54.4 Å². The number of para-hydroxylation sites is 1. The first-order chi connectivity index (χ1) is 13.7. The highest BCUT2D eigenvalue weighted by Gasteiger charge is 2.19. The predicted octanol–water partition coefficient (Wildman–Crippen LogP) is 4.71. The third-order valence-electron chi connectivity index (χ3n) is 5.60. The fourth-order valence-electron chi connectivity index (χ4n) is 4.16. The van der Waals surface area contributed by atoms with E-state index in [1.165, 1.54) is 25.7 Å².